The zero-order valence-corrected chi connectivity index (χ0v) is 11.8. The molecule has 1 aromatic rings. The third kappa shape index (κ3) is 3.70. The van der Waals surface area contributed by atoms with Gasteiger partial charge in [-0.15, -0.1) is 0 Å². The maximum atomic E-state index is 12.4. The van der Waals surface area contributed by atoms with Crippen molar-refractivity contribution in [3.63, 3.8) is 0 Å². The molecule has 0 aliphatic carbocycles. The van der Waals surface area contributed by atoms with E-state index in [1.807, 2.05) is 0 Å². The number of aromatic nitrogens is 1. The predicted octanol–water partition coefficient (Wildman–Crippen LogP) is 2.45. The Morgan fingerprint density at radius 1 is 1.50 bits per heavy atom. The van der Waals surface area contributed by atoms with Gasteiger partial charge in [0, 0.05) is 31.9 Å². The number of carboxylic acids is 1. The summed E-state index contributed by atoms with van der Waals surface area (Å²) in [6.45, 7) is 1.30. The fourth-order valence-electron chi connectivity index (χ4n) is 2.53. The molecular formula is C14H17ClN2O3. The summed E-state index contributed by atoms with van der Waals surface area (Å²) in [6.07, 6.45) is 5.65. The van der Waals surface area contributed by atoms with E-state index in [-0.39, 0.29) is 18.2 Å². The largest absolute Gasteiger partial charge is 0.481 e. The molecule has 6 heteroatoms. The van der Waals surface area contributed by atoms with Crippen LogP contribution in [-0.2, 0) is 4.79 Å². The van der Waals surface area contributed by atoms with Crippen molar-refractivity contribution in [2.75, 3.05) is 13.1 Å². The maximum absolute atomic E-state index is 12.4. The van der Waals surface area contributed by atoms with E-state index in [9.17, 15) is 9.59 Å². The van der Waals surface area contributed by atoms with Crippen LogP contribution >= 0.6 is 11.6 Å². The summed E-state index contributed by atoms with van der Waals surface area (Å²) in [5, 5.41) is 9.08. The number of rotatable bonds is 4. The van der Waals surface area contributed by atoms with Crippen LogP contribution in [0.15, 0.2) is 18.5 Å². The van der Waals surface area contributed by atoms with E-state index in [1.165, 1.54) is 6.20 Å². The zero-order chi connectivity index (χ0) is 14.5. The number of pyridine rings is 1. The summed E-state index contributed by atoms with van der Waals surface area (Å²) in [7, 11) is 0. The minimum Gasteiger partial charge on any atom is -0.481 e. The third-order valence-electron chi connectivity index (χ3n) is 3.58. The summed E-state index contributed by atoms with van der Waals surface area (Å²) >= 11 is 5.99. The van der Waals surface area contributed by atoms with Gasteiger partial charge in [0.1, 0.15) is 0 Å². The number of amides is 1. The van der Waals surface area contributed by atoms with Crippen LogP contribution in [0, 0.1) is 5.92 Å². The Bertz CT molecular complexity index is 507. The zero-order valence-electron chi connectivity index (χ0n) is 11.1. The van der Waals surface area contributed by atoms with E-state index in [0.717, 1.165) is 12.8 Å². The number of likely N-dealkylation sites (tertiary alicyclic amines) is 1. The molecule has 20 heavy (non-hydrogen) atoms. The van der Waals surface area contributed by atoms with Crippen LogP contribution in [0.3, 0.4) is 0 Å². The molecule has 1 aliphatic rings. The highest BCUT2D eigenvalue weighted by Gasteiger charge is 2.25. The number of aliphatic carboxylic acids is 1. The molecule has 5 nitrogen and oxygen atoms in total. The number of nitrogens with zero attached hydrogens (tertiary/aromatic N) is 2. The number of hydrogen-bond acceptors (Lipinski definition) is 3. The van der Waals surface area contributed by atoms with Crippen molar-refractivity contribution in [2.45, 2.75) is 25.7 Å². The van der Waals surface area contributed by atoms with Crippen molar-refractivity contribution < 1.29 is 14.7 Å². The molecular weight excluding hydrogens is 280 g/mol. The monoisotopic (exact) mass is 296 g/mol. The van der Waals surface area contributed by atoms with Gasteiger partial charge in [0.25, 0.3) is 5.91 Å². The van der Waals surface area contributed by atoms with Gasteiger partial charge in [0.2, 0.25) is 0 Å². The molecule has 1 saturated heterocycles. The fraction of sp³-hybridized carbons (Fsp3) is 0.500. The summed E-state index contributed by atoms with van der Waals surface area (Å²) in [6, 6.07) is 1.62. The number of hydrogen-bond donors (Lipinski definition) is 1. The molecule has 1 N–H and O–H groups in total. The third-order valence-corrected chi connectivity index (χ3v) is 3.88. The Morgan fingerprint density at radius 2 is 2.30 bits per heavy atom. The van der Waals surface area contributed by atoms with Gasteiger partial charge in [0.05, 0.1) is 10.6 Å². The SMILES string of the molecule is O=C(O)CCC1CCCN(C(=O)c2ccncc2Cl)C1. The first kappa shape index (κ1) is 14.8. The first-order valence-electron chi connectivity index (χ1n) is 6.68. The maximum Gasteiger partial charge on any atom is 0.303 e. The predicted molar refractivity (Wildman–Crippen MR) is 74.7 cm³/mol. The van der Waals surface area contributed by atoms with Crippen molar-refractivity contribution >= 4 is 23.5 Å². The number of halogens is 1. The van der Waals surface area contributed by atoms with Gasteiger partial charge >= 0.3 is 5.97 Å². The molecule has 1 unspecified atom stereocenters. The molecule has 1 aliphatic heterocycles. The second-order valence-electron chi connectivity index (χ2n) is 5.05. The van der Waals surface area contributed by atoms with Gasteiger partial charge in [-0.2, -0.15) is 0 Å². The molecule has 1 aromatic heterocycles. The van der Waals surface area contributed by atoms with Crippen molar-refractivity contribution in [3.8, 4) is 0 Å². The molecule has 1 fully saturated rings. The average Bonchev–Trinajstić information content (AvgIpc) is 2.45. The van der Waals surface area contributed by atoms with Crippen LogP contribution in [0.4, 0.5) is 0 Å². The summed E-state index contributed by atoms with van der Waals surface area (Å²) in [5.74, 6) is -0.632. The molecule has 1 amide bonds. The first-order chi connectivity index (χ1) is 9.58. The van der Waals surface area contributed by atoms with Crippen molar-refractivity contribution in [1.82, 2.24) is 9.88 Å². The van der Waals surface area contributed by atoms with E-state index in [2.05, 4.69) is 4.98 Å². The average molecular weight is 297 g/mol. The second kappa shape index (κ2) is 6.70. The van der Waals surface area contributed by atoms with Gasteiger partial charge in [-0.05, 0) is 31.2 Å². The van der Waals surface area contributed by atoms with E-state index < -0.39 is 5.97 Å². The lowest BCUT2D eigenvalue weighted by atomic mass is 9.93. The molecule has 0 aromatic carbocycles. The molecule has 0 bridgehead atoms. The van der Waals surface area contributed by atoms with E-state index in [0.29, 0.717) is 30.1 Å². The Balaban J connectivity index is 2.00. The summed E-state index contributed by atoms with van der Waals surface area (Å²) in [4.78, 5) is 28.6. The van der Waals surface area contributed by atoms with Crippen LogP contribution in [0.2, 0.25) is 5.02 Å². The van der Waals surface area contributed by atoms with Crippen molar-refractivity contribution in [1.29, 1.82) is 0 Å². The van der Waals surface area contributed by atoms with Crippen LogP contribution in [-0.4, -0.2) is 40.0 Å². The Morgan fingerprint density at radius 3 is 3.00 bits per heavy atom. The Labute approximate surface area is 122 Å². The van der Waals surface area contributed by atoms with Crippen molar-refractivity contribution in [3.05, 3.63) is 29.0 Å². The molecule has 0 radical (unpaired) electrons. The number of carbonyl (C=O) groups excluding carboxylic acids is 1. The van der Waals surface area contributed by atoms with Crippen LogP contribution < -0.4 is 0 Å². The lowest BCUT2D eigenvalue weighted by molar-refractivity contribution is -0.137. The van der Waals surface area contributed by atoms with Crippen molar-refractivity contribution in [2.24, 2.45) is 5.92 Å². The number of carboxylic acid groups (broad SMARTS) is 1. The fourth-order valence-corrected chi connectivity index (χ4v) is 2.73. The van der Waals surface area contributed by atoms with E-state index >= 15 is 0 Å². The van der Waals surface area contributed by atoms with Gasteiger partial charge in [-0.1, -0.05) is 11.6 Å². The lowest BCUT2D eigenvalue weighted by Crippen LogP contribution is -2.40. The van der Waals surface area contributed by atoms with Crippen LogP contribution in [0.5, 0.6) is 0 Å². The first-order valence-corrected chi connectivity index (χ1v) is 7.06. The Kier molecular flexibility index (Phi) is 4.95. The van der Waals surface area contributed by atoms with Crippen LogP contribution in [0.1, 0.15) is 36.0 Å². The summed E-state index contributed by atoms with van der Waals surface area (Å²) in [5.41, 5.74) is 0.459. The highest BCUT2D eigenvalue weighted by molar-refractivity contribution is 6.33. The van der Waals surface area contributed by atoms with E-state index in [1.54, 1.807) is 17.2 Å². The second-order valence-corrected chi connectivity index (χ2v) is 5.45. The molecule has 2 heterocycles. The quantitative estimate of drug-likeness (QED) is 0.926. The minimum atomic E-state index is -0.786. The highest BCUT2D eigenvalue weighted by atomic mass is 35.5. The van der Waals surface area contributed by atoms with Gasteiger partial charge in [-0.25, -0.2) is 0 Å². The smallest absolute Gasteiger partial charge is 0.303 e. The molecule has 1 atom stereocenters. The Hall–Kier alpha value is -1.62. The number of carbonyl (C=O) groups is 2. The highest BCUT2D eigenvalue weighted by Crippen LogP contribution is 2.24. The van der Waals surface area contributed by atoms with E-state index in [4.69, 9.17) is 16.7 Å². The number of piperidine rings is 1. The molecule has 2 rings (SSSR count). The topological polar surface area (TPSA) is 70.5 Å². The van der Waals surface area contributed by atoms with Crippen LogP contribution in [0.25, 0.3) is 0 Å². The summed E-state index contributed by atoms with van der Waals surface area (Å²) < 4.78 is 0. The standard InChI is InChI=1S/C14H17ClN2O3/c15-12-8-16-6-5-11(12)14(20)17-7-1-2-10(9-17)3-4-13(18)19/h5-6,8,10H,1-4,7,9H2,(H,18,19). The molecule has 0 saturated carbocycles. The normalized spacial score (nSPS) is 18.9. The minimum absolute atomic E-state index is 0.0996. The lowest BCUT2D eigenvalue weighted by Gasteiger charge is -2.32. The van der Waals surface area contributed by atoms with Gasteiger partial charge < -0.3 is 10.0 Å². The molecule has 0 spiro atoms. The molecule has 108 valence electrons. The van der Waals surface area contributed by atoms with Gasteiger partial charge in [0.15, 0.2) is 0 Å². The van der Waals surface area contributed by atoms with Gasteiger partial charge in [-0.3, -0.25) is 14.6 Å².